The summed E-state index contributed by atoms with van der Waals surface area (Å²) < 4.78 is 0. The Bertz CT molecular complexity index is 268. The first-order valence-corrected chi connectivity index (χ1v) is 7.14. The molecule has 5 nitrogen and oxygen atoms in total. The van der Waals surface area contributed by atoms with E-state index in [1.165, 1.54) is 19.3 Å². The van der Waals surface area contributed by atoms with Gasteiger partial charge in [0.25, 0.3) is 0 Å². The minimum atomic E-state index is -0.834. The van der Waals surface area contributed by atoms with Crippen LogP contribution in [0.1, 0.15) is 52.4 Å². The summed E-state index contributed by atoms with van der Waals surface area (Å²) in [5, 5.41) is 17.6. The minimum absolute atomic E-state index is 0.0707. The third kappa shape index (κ3) is 10.5. The molecule has 0 spiro atoms. The molecule has 0 saturated heterocycles. The maximum absolute atomic E-state index is 10.8. The molecule has 0 aliphatic rings. The van der Waals surface area contributed by atoms with Crippen molar-refractivity contribution in [3.8, 4) is 0 Å². The Morgan fingerprint density at radius 2 is 1.68 bits per heavy atom. The smallest absolute Gasteiger partial charge is 0.307 e. The van der Waals surface area contributed by atoms with Gasteiger partial charge >= 0.3 is 11.9 Å². The fourth-order valence-corrected chi connectivity index (χ4v) is 1.95. The van der Waals surface area contributed by atoms with Crippen molar-refractivity contribution in [1.82, 2.24) is 4.90 Å². The van der Waals surface area contributed by atoms with E-state index in [0.717, 1.165) is 19.4 Å². The van der Waals surface area contributed by atoms with Crippen molar-refractivity contribution < 1.29 is 19.8 Å². The SMILES string of the molecule is CCCCCCCN(CCC(=O)O)CC(C)C(=O)O. The number of carboxylic acid groups (broad SMARTS) is 2. The van der Waals surface area contributed by atoms with Crippen molar-refractivity contribution in [2.75, 3.05) is 19.6 Å². The number of carbonyl (C=O) groups is 2. The third-order valence-corrected chi connectivity index (χ3v) is 3.17. The molecule has 19 heavy (non-hydrogen) atoms. The van der Waals surface area contributed by atoms with E-state index in [-0.39, 0.29) is 6.42 Å². The Labute approximate surface area is 115 Å². The van der Waals surface area contributed by atoms with Crippen molar-refractivity contribution in [3.05, 3.63) is 0 Å². The molecule has 0 aromatic carbocycles. The number of carboxylic acids is 2. The zero-order chi connectivity index (χ0) is 14.7. The Morgan fingerprint density at radius 3 is 2.21 bits per heavy atom. The number of hydrogen-bond donors (Lipinski definition) is 2. The summed E-state index contributed by atoms with van der Waals surface area (Å²) >= 11 is 0. The van der Waals surface area contributed by atoms with E-state index in [2.05, 4.69) is 6.92 Å². The second-order valence-electron chi connectivity index (χ2n) is 5.10. The molecule has 1 unspecified atom stereocenters. The predicted molar refractivity (Wildman–Crippen MR) is 74.3 cm³/mol. The van der Waals surface area contributed by atoms with E-state index in [1.54, 1.807) is 6.92 Å². The van der Waals surface area contributed by atoms with Gasteiger partial charge < -0.3 is 15.1 Å². The molecule has 0 rings (SSSR count). The maximum Gasteiger partial charge on any atom is 0.307 e. The second-order valence-corrected chi connectivity index (χ2v) is 5.10. The minimum Gasteiger partial charge on any atom is -0.481 e. The van der Waals surface area contributed by atoms with Crippen LogP contribution in [-0.4, -0.2) is 46.7 Å². The standard InChI is InChI=1S/C14H27NO4/c1-3-4-5-6-7-9-15(10-8-13(16)17)11-12(2)14(18)19/h12H,3-11H2,1-2H3,(H,16,17)(H,18,19). The van der Waals surface area contributed by atoms with Gasteiger partial charge in [-0.3, -0.25) is 9.59 Å². The van der Waals surface area contributed by atoms with Crippen LogP contribution >= 0.6 is 0 Å². The largest absolute Gasteiger partial charge is 0.481 e. The van der Waals surface area contributed by atoms with Crippen LogP contribution in [0.15, 0.2) is 0 Å². The van der Waals surface area contributed by atoms with Crippen molar-refractivity contribution in [3.63, 3.8) is 0 Å². The molecule has 0 bridgehead atoms. The van der Waals surface area contributed by atoms with Crippen LogP contribution in [0.2, 0.25) is 0 Å². The first kappa shape index (κ1) is 17.9. The number of unbranched alkanes of at least 4 members (excludes halogenated alkanes) is 4. The molecule has 0 heterocycles. The van der Waals surface area contributed by atoms with Crippen LogP contribution in [0.4, 0.5) is 0 Å². The lowest BCUT2D eigenvalue weighted by atomic mass is 10.1. The number of rotatable bonds is 12. The van der Waals surface area contributed by atoms with E-state index in [1.807, 2.05) is 4.90 Å². The monoisotopic (exact) mass is 273 g/mol. The molecule has 0 saturated carbocycles. The quantitative estimate of drug-likeness (QED) is 0.534. The average molecular weight is 273 g/mol. The Balaban J connectivity index is 4.02. The molecule has 0 aromatic rings. The summed E-state index contributed by atoms with van der Waals surface area (Å²) in [7, 11) is 0. The van der Waals surface area contributed by atoms with E-state index in [9.17, 15) is 9.59 Å². The lowest BCUT2D eigenvalue weighted by Crippen LogP contribution is -2.34. The van der Waals surface area contributed by atoms with Gasteiger partial charge in [0, 0.05) is 13.1 Å². The predicted octanol–water partition coefficient (Wildman–Crippen LogP) is 2.45. The van der Waals surface area contributed by atoms with Crippen LogP contribution in [0, 0.1) is 5.92 Å². The maximum atomic E-state index is 10.8. The highest BCUT2D eigenvalue weighted by Crippen LogP contribution is 2.07. The van der Waals surface area contributed by atoms with Crippen molar-refractivity contribution in [2.45, 2.75) is 52.4 Å². The van der Waals surface area contributed by atoms with Crippen molar-refractivity contribution >= 4 is 11.9 Å². The first-order valence-electron chi connectivity index (χ1n) is 7.14. The Morgan fingerprint density at radius 1 is 1.05 bits per heavy atom. The zero-order valence-electron chi connectivity index (χ0n) is 12.1. The van der Waals surface area contributed by atoms with Crippen LogP contribution in [0.5, 0.6) is 0 Å². The van der Waals surface area contributed by atoms with E-state index in [4.69, 9.17) is 10.2 Å². The molecule has 2 N–H and O–H groups in total. The molecule has 1 atom stereocenters. The van der Waals surface area contributed by atoms with Gasteiger partial charge in [-0.15, -0.1) is 0 Å². The number of aliphatic carboxylic acids is 2. The van der Waals surface area contributed by atoms with Gasteiger partial charge in [0.2, 0.25) is 0 Å². The number of hydrogen-bond acceptors (Lipinski definition) is 3. The summed E-state index contributed by atoms with van der Waals surface area (Å²) in [5.41, 5.74) is 0. The lowest BCUT2D eigenvalue weighted by Gasteiger charge is -2.23. The highest BCUT2D eigenvalue weighted by atomic mass is 16.4. The van der Waals surface area contributed by atoms with Crippen molar-refractivity contribution in [1.29, 1.82) is 0 Å². The van der Waals surface area contributed by atoms with Crippen molar-refractivity contribution in [2.24, 2.45) is 5.92 Å². The zero-order valence-corrected chi connectivity index (χ0v) is 12.1. The van der Waals surface area contributed by atoms with Gasteiger partial charge in [0.1, 0.15) is 0 Å². The molecule has 0 aliphatic carbocycles. The van der Waals surface area contributed by atoms with E-state index < -0.39 is 17.9 Å². The molecular weight excluding hydrogens is 246 g/mol. The summed E-state index contributed by atoms with van der Waals surface area (Å²) in [4.78, 5) is 23.4. The fourth-order valence-electron chi connectivity index (χ4n) is 1.95. The summed E-state index contributed by atoms with van der Waals surface area (Å²) in [6.45, 7) is 5.46. The Hall–Kier alpha value is -1.10. The van der Waals surface area contributed by atoms with Gasteiger partial charge in [-0.1, -0.05) is 39.5 Å². The van der Waals surface area contributed by atoms with Gasteiger partial charge in [-0.05, 0) is 13.0 Å². The van der Waals surface area contributed by atoms with E-state index >= 15 is 0 Å². The lowest BCUT2D eigenvalue weighted by molar-refractivity contribution is -0.141. The van der Waals surface area contributed by atoms with Gasteiger partial charge in [0.15, 0.2) is 0 Å². The first-order chi connectivity index (χ1) is 8.97. The average Bonchev–Trinajstić information content (AvgIpc) is 2.34. The normalized spacial score (nSPS) is 12.6. The summed E-state index contributed by atoms with van der Waals surface area (Å²) in [6, 6.07) is 0. The second kappa shape index (κ2) is 10.8. The highest BCUT2D eigenvalue weighted by Gasteiger charge is 2.16. The summed E-state index contributed by atoms with van der Waals surface area (Å²) in [6.07, 6.45) is 5.81. The number of nitrogens with zero attached hydrogens (tertiary/aromatic N) is 1. The van der Waals surface area contributed by atoms with Crippen LogP contribution < -0.4 is 0 Å². The molecular formula is C14H27NO4. The van der Waals surface area contributed by atoms with Gasteiger partial charge in [-0.2, -0.15) is 0 Å². The van der Waals surface area contributed by atoms with Crippen LogP contribution in [-0.2, 0) is 9.59 Å². The van der Waals surface area contributed by atoms with E-state index in [0.29, 0.717) is 13.1 Å². The van der Waals surface area contributed by atoms with Gasteiger partial charge in [-0.25, -0.2) is 0 Å². The molecule has 0 aliphatic heterocycles. The topological polar surface area (TPSA) is 77.8 Å². The van der Waals surface area contributed by atoms with Crippen LogP contribution in [0.3, 0.4) is 0 Å². The molecule has 0 fully saturated rings. The van der Waals surface area contributed by atoms with Gasteiger partial charge in [0.05, 0.1) is 12.3 Å². The summed E-state index contributed by atoms with van der Waals surface area (Å²) in [5.74, 6) is -2.12. The van der Waals surface area contributed by atoms with Crippen LogP contribution in [0.25, 0.3) is 0 Å². The highest BCUT2D eigenvalue weighted by molar-refractivity contribution is 5.69. The molecule has 0 radical (unpaired) electrons. The molecule has 0 amide bonds. The molecule has 0 aromatic heterocycles. The fraction of sp³-hybridized carbons (Fsp3) is 0.857. The Kier molecular flexibility index (Phi) is 10.2. The third-order valence-electron chi connectivity index (χ3n) is 3.17. The molecule has 5 heteroatoms. The molecule has 112 valence electrons.